The standard InChI is InChI=1S/C12H22N2O12S2/c1-24-11(19)6-2-5(26-28(13,22)23)3-14(6)27(20,21)12-10(18)9(17)8(16)7(4-15)25-12/h5-10,12,15-18H,2-4H2,1H3,(H2,13,22,23)/t5-,6+,7+,8-,9-,10-,12+/m1/s1. The zero-order valence-corrected chi connectivity index (χ0v) is 16.2. The van der Waals surface area contributed by atoms with Crippen LogP contribution in [0.25, 0.3) is 0 Å². The number of methoxy groups -OCH3 is 1. The fourth-order valence-corrected chi connectivity index (χ4v) is 5.59. The molecule has 6 N–H and O–H groups in total. The molecular formula is C12H22N2O12S2. The third-order valence-corrected chi connectivity index (χ3v) is 7.00. The molecule has 0 aliphatic carbocycles. The smallest absolute Gasteiger partial charge is 0.333 e. The average Bonchev–Trinajstić information content (AvgIpc) is 3.01. The zero-order valence-electron chi connectivity index (χ0n) is 14.6. The van der Waals surface area contributed by atoms with Crippen LogP contribution in [0, 0.1) is 0 Å². The number of hydrogen-bond acceptors (Lipinski definition) is 12. The summed E-state index contributed by atoms with van der Waals surface area (Å²) < 4.78 is 62.8. The summed E-state index contributed by atoms with van der Waals surface area (Å²) in [6, 6.07) is -1.52. The number of carbonyl (C=O) groups is 1. The van der Waals surface area contributed by atoms with Crippen LogP contribution < -0.4 is 5.14 Å². The predicted molar refractivity (Wildman–Crippen MR) is 87.8 cm³/mol. The van der Waals surface area contributed by atoms with E-state index in [-0.39, 0.29) is 0 Å². The minimum Gasteiger partial charge on any atom is -0.468 e. The minimum atomic E-state index is -4.74. The van der Waals surface area contributed by atoms with Gasteiger partial charge in [-0.05, 0) is 0 Å². The average molecular weight is 450 g/mol. The molecule has 28 heavy (non-hydrogen) atoms. The Bertz CT molecular complexity index is 784. The second-order valence-electron chi connectivity index (χ2n) is 6.30. The van der Waals surface area contributed by atoms with E-state index in [4.69, 9.17) is 9.88 Å². The fraction of sp³-hybridized carbons (Fsp3) is 0.917. The van der Waals surface area contributed by atoms with Crippen LogP contribution in [-0.4, -0.2) is 110 Å². The molecule has 0 aromatic heterocycles. The second kappa shape index (κ2) is 8.42. The number of nitrogens with zero attached hydrogens (tertiary/aromatic N) is 1. The molecule has 0 unspecified atom stereocenters. The Labute approximate surface area is 160 Å². The summed E-state index contributed by atoms with van der Waals surface area (Å²) in [5.74, 6) is -1.03. The Kier molecular flexibility index (Phi) is 7.02. The summed E-state index contributed by atoms with van der Waals surface area (Å²) >= 11 is 0. The molecule has 2 heterocycles. The van der Waals surface area contributed by atoms with E-state index >= 15 is 0 Å². The molecule has 2 aliphatic heterocycles. The van der Waals surface area contributed by atoms with Crippen LogP contribution in [0.1, 0.15) is 6.42 Å². The van der Waals surface area contributed by atoms with Gasteiger partial charge in [0, 0.05) is 13.0 Å². The first-order valence-electron chi connectivity index (χ1n) is 7.93. The second-order valence-corrected chi connectivity index (χ2v) is 9.44. The van der Waals surface area contributed by atoms with Gasteiger partial charge < -0.3 is 29.9 Å². The lowest BCUT2D eigenvalue weighted by molar-refractivity contribution is -0.208. The summed E-state index contributed by atoms with van der Waals surface area (Å²) in [7, 11) is -8.22. The van der Waals surface area contributed by atoms with Gasteiger partial charge in [-0.15, -0.1) is 0 Å². The molecule has 14 nitrogen and oxygen atoms in total. The van der Waals surface area contributed by atoms with Crippen molar-refractivity contribution in [3.63, 3.8) is 0 Å². The van der Waals surface area contributed by atoms with Gasteiger partial charge in [0.05, 0.1) is 19.8 Å². The summed E-state index contributed by atoms with van der Waals surface area (Å²) in [6.45, 7) is -1.51. The highest BCUT2D eigenvalue weighted by Crippen LogP contribution is 2.32. The summed E-state index contributed by atoms with van der Waals surface area (Å²) in [4.78, 5) is 12.0. The number of rotatable bonds is 6. The SMILES string of the molecule is COC(=O)[C@@H]1C[C@@H](OS(N)(=O)=O)CN1S(=O)(=O)[C@@H]1O[C@@H](CO)[C@@H](O)[C@@H](O)[C@H]1O. The van der Waals surface area contributed by atoms with E-state index in [2.05, 4.69) is 8.92 Å². The number of esters is 1. The molecule has 2 saturated heterocycles. The van der Waals surface area contributed by atoms with Crippen molar-refractivity contribution in [1.29, 1.82) is 0 Å². The molecule has 2 rings (SSSR count). The number of aliphatic hydroxyl groups is 4. The van der Waals surface area contributed by atoms with Crippen LogP contribution in [0.2, 0.25) is 0 Å². The lowest BCUT2D eigenvalue weighted by atomic mass is 10.0. The molecule has 2 fully saturated rings. The Hall–Kier alpha value is -0.950. The molecule has 2 aliphatic rings. The van der Waals surface area contributed by atoms with Crippen molar-refractivity contribution in [1.82, 2.24) is 4.31 Å². The molecule has 0 bridgehead atoms. The largest absolute Gasteiger partial charge is 0.468 e. The van der Waals surface area contributed by atoms with Crippen LogP contribution in [0.15, 0.2) is 0 Å². The molecule has 0 saturated carbocycles. The lowest BCUT2D eigenvalue weighted by Crippen LogP contribution is -2.63. The lowest BCUT2D eigenvalue weighted by Gasteiger charge is -2.41. The van der Waals surface area contributed by atoms with E-state index in [0.717, 1.165) is 7.11 Å². The van der Waals surface area contributed by atoms with Gasteiger partial charge in [0.2, 0.25) is 15.5 Å². The molecule has 16 heteroatoms. The maximum Gasteiger partial charge on any atom is 0.333 e. The fourth-order valence-electron chi connectivity index (χ4n) is 3.11. The molecular weight excluding hydrogens is 428 g/mol. The minimum absolute atomic E-state index is 0.417. The van der Waals surface area contributed by atoms with E-state index in [9.17, 15) is 42.1 Å². The third kappa shape index (κ3) is 4.61. The van der Waals surface area contributed by atoms with E-state index in [1.54, 1.807) is 0 Å². The van der Waals surface area contributed by atoms with Crippen molar-refractivity contribution in [2.24, 2.45) is 5.14 Å². The molecule has 0 aromatic rings. The topological polar surface area (TPSA) is 223 Å². The van der Waals surface area contributed by atoms with Gasteiger partial charge in [0.15, 0.2) is 0 Å². The van der Waals surface area contributed by atoms with Crippen LogP contribution in [0.4, 0.5) is 0 Å². The Morgan fingerprint density at radius 3 is 2.29 bits per heavy atom. The van der Waals surface area contributed by atoms with Crippen molar-refractivity contribution in [2.45, 2.75) is 48.4 Å². The number of sulfonamides is 1. The maximum absolute atomic E-state index is 13.0. The molecule has 0 spiro atoms. The highest BCUT2D eigenvalue weighted by atomic mass is 32.2. The van der Waals surface area contributed by atoms with E-state index in [0.29, 0.717) is 4.31 Å². The van der Waals surface area contributed by atoms with Gasteiger partial charge in [0.1, 0.15) is 30.5 Å². The van der Waals surface area contributed by atoms with Crippen molar-refractivity contribution in [3.8, 4) is 0 Å². The van der Waals surface area contributed by atoms with Crippen molar-refractivity contribution in [2.75, 3.05) is 20.3 Å². The van der Waals surface area contributed by atoms with Gasteiger partial charge in [-0.3, -0.25) is 8.98 Å². The highest BCUT2D eigenvalue weighted by Gasteiger charge is 2.55. The van der Waals surface area contributed by atoms with Crippen molar-refractivity contribution >= 4 is 26.3 Å². The van der Waals surface area contributed by atoms with Crippen molar-refractivity contribution < 1.29 is 55.7 Å². The Morgan fingerprint density at radius 1 is 1.18 bits per heavy atom. The summed E-state index contributed by atoms with van der Waals surface area (Å²) in [5, 5.41) is 43.6. The molecule has 0 amide bonds. The number of ether oxygens (including phenoxy) is 2. The van der Waals surface area contributed by atoms with Crippen LogP contribution >= 0.6 is 0 Å². The van der Waals surface area contributed by atoms with Gasteiger partial charge in [-0.25, -0.2) is 13.6 Å². The van der Waals surface area contributed by atoms with Gasteiger partial charge in [-0.1, -0.05) is 0 Å². The first-order chi connectivity index (χ1) is 12.8. The van der Waals surface area contributed by atoms with Crippen molar-refractivity contribution in [3.05, 3.63) is 0 Å². The van der Waals surface area contributed by atoms with Gasteiger partial charge in [0.25, 0.3) is 0 Å². The van der Waals surface area contributed by atoms with Crippen LogP contribution in [0.5, 0.6) is 0 Å². The third-order valence-electron chi connectivity index (χ3n) is 4.43. The first-order valence-corrected chi connectivity index (χ1v) is 10.9. The Balaban J connectivity index is 2.36. The maximum atomic E-state index is 13.0. The Morgan fingerprint density at radius 2 is 1.79 bits per heavy atom. The van der Waals surface area contributed by atoms with E-state index < -0.39 is 87.9 Å². The van der Waals surface area contributed by atoms with Crippen LogP contribution in [0.3, 0.4) is 0 Å². The zero-order chi connectivity index (χ0) is 21.4. The summed E-state index contributed by atoms with van der Waals surface area (Å²) in [5.41, 5.74) is -2.16. The van der Waals surface area contributed by atoms with E-state index in [1.165, 1.54) is 0 Å². The number of hydrogen-bond donors (Lipinski definition) is 5. The molecule has 0 aromatic carbocycles. The highest BCUT2D eigenvalue weighted by molar-refractivity contribution is 7.89. The normalized spacial score (nSPS) is 37.7. The molecule has 7 atom stereocenters. The molecule has 0 radical (unpaired) electrons. The van der Waals surface area contributed by atoms with Crippen LogP contribution in [-0.2, 0) is 38.8 Å². The number of carbonyl (C=O) groups excluding carboxylic acids is 1. The van der Waals surface area contributed by atoms with Gasteiger partial charge in [-0.2, -0.15) is 12.7 Å². The first kappa shape index (κ1) is 23.3. The number of aliphatic hydroxyl groups excluding tert-OH is 4. The monoisotopic (exact) mass is 450 g/mol. The quantitative estimate of drug-likeness (QED) is 0.240. The van der Waals surface area contributed by atoms with E-state index in [1.807, 2.05) is 0 Å². The summed E-state index contributed by atoms with van der Waals surface area (Å²) in [6.07, 6.45) is -9.13. The predicted octanol–water partition coefficient (Wildman–Crippen LogP) is -5.05. The number of nitrogens with two attached hydrogens (primary N) is 1. The van der Waals surface area contributed by atoms with Gasteiger partial charge >= 0.3 is 16.3 Å². The molecule has 164 valence electrons.